The Balaban J connectivity index is 2.31. The van der Waals surface area contributed by atoms with Crippen LogP contribution >= 0.6 is 15.9 Å². The zero-order valence-electron chi connectivity index (χ0n) is 12.7. The van der Waals surface area contributed by atoms with E-state index in [9.17, 15) is 4.79 Å². The molecule has 1 aromatic carbocycles. The highest BCUT2D eigenvalue weighted by molar-refractivity contribution is 9.09. The molecule has 0 aliphatic heterocycles. The fourth-order valence-electron chi connectivity index (χ4n) is 3.42. The van der Waals surface area contributed by atoms with E-state index in [0.29, 0.717) is 6.04 Å². The van der Waals surface area contributed by atoms with Crippen LogP contribution in [0.1, 0.15) is 52.7 Å². The fraction of sp³-hybridized carbons (Fsp3) is 0.588. The molecular formula is C17H24BrNO. The summed E-state index contributed by atoms with van der Waals surface area (Å²) in [6.07, 6.45) is 4.82. The van der Waals surface area contributed by atoms with Gasteiger partial charge in [0.15, 0.2) is 0 Å². The Morgan fingerprint density at radius 2 is 1.75 bits per heavy atom. The van der Waals surface area contributed by atoms with Crippen molar-refractivity contribution < 1.29 is 4.79 Å². The highest BCUT2D eigenvalue weighted by Crippen LogP contribution is 2.27. The molecule has 0 saturated heterocycles. The van der Waals surface area contributed by atoms with Crippen molar-refractivity contribution in [3.63, 3.8) is 0 Å². The lowest BCUT2D eigenvalue weighted by molar-refractivity contribution is 0.0695. The van der Waals surface area contributed by atoms with Gasteiger partial charge in [-0.1, -0.05) is 46.5 Å². The van der Waals surface area contributed by atoms with Crippen LogP contribution in [0.3, 0.4) is 0 Å². The largest absolute Gasteiger partial charge is 0.335 e. The Kier molecular flexibility index (Phi) is 5.25. The maximum Gasteiger partial charge on any atom is 0.254 e. The number of carbonyl (C=O) groups excluding carboxylic acids is 1. The second-order valence-electron chi connectivity index (χ2n) is 5.90. The van der Waals surface area contributed by atoms with Gasteiger partial charge in [0.05, 0.1) is 0 Å². The first-order chi connectivity index (χ1) is 9.54. The van der Waals surface area contributed by atoms with Crippen LogP contribution in [0.5, 0.6) is 0 Å². The zero-order valence-corrected chi connectivity index (χ0v) is 14.3. The van der Waals surface area contributed by atoms with Crippen molar-refractivity contribution in [2.75, 3.05) is 11.9 Å². The molecule has 0 atom stereocenters. The van der Waals surface area contributed by atoms with Crippen molar-refractivity contribution in [3.8, 4) is 0 Å². The molecule has 1 aromatic rings. The van der Waals surface area contributed by atoms with Crippen molar-refractivity contribution in [1.82, 2.24) is 4.90 Å². The van der Waals surface area contributed by atoms with E-state index in [4.69, 9.17) is 0 Å². The van der Waals surface area contributed by atoms with Gasteiger partial charge >= 0.3 is 0 Å². The molecule has 1 saturated carbocycles. The Hall–Kier alpha value is -0.830. The molecular weight excluding hydrogens is 314 g/mol. The number of amides is 1. The summed E-state index contributed by atoms with van der Waals surface area (Å²) in [4.78, 5) is 15.1. The number of halogens is 1. The number of carbonyl (C=O) groups is 1. The number of hydrogen-bond acceptors (Lipinski definition) is 1. The topological polar surface area (TPSA) is 20.3 Å². The summed E-state index contributed by atoms with van der Waals surface area (Å²) >= 11 is 3.49. The number of alkyl halides is 1. The van der Waals surface area contributed by atoms with Crippen LogP contribution in [0.2, 0.25) is 0 Å². The van der Waals surface area contributed by atoms with E-state index < -0.39 is 0 Å². The molecule has 0 N–H and O–H groups in total. The highest BCUT2D eigenvalue weighted by Gasteiger charge is 2.28. The lowest BCUT2D eigenvalue weighted by Crippen LogP contribution is -2.40. The Labute approximate surface area is 130 Å². The SMILES string of the molecule is Cc1cc(C)c(C(=O)N(CCBr)C2CCCC2)c(C)c1. The van der Waals surface area contributed by atoms with Crippen molar-refractivity contribution in [3.05, 3.63) is 34.4 Å². The van der Waals surface area contributed by atoms with E-state index in [-0.39, 0.29) is 5.91 Å². The monoisotopic (exact) mass is 337 g/mol. The van der Waals surface area contributed by atoms with Gasteiger partial charge in [0.2, 0.25) is 0 Å². The predicted molar refractivity (Wildman–Crippen MR) is 87.7 cm³/mol. The summed E-state index contributed by atoms with van der Waals surface area (Å²) in [6.45, 7) is 6.99. The van der Waals surface area contributed by atoms with Crippen LogP contribution in [-0.2, 0) is 0 Å². The minimum absolute atomic E-state index is 0.214. The molecule has 1 aliphatic rings. The maximum atomic E-state index is 13.0. The Morgan fingerprint density at radius 1 is 1.20 bits per heavy atom. The van der Waals surface area contributed by atoms with Gasteiger partial charge in [-0.3, -0.25) is 4.79 Å². The molecule has 0 unspecified atom stereocenters. The molecule has 0 bridgehead atoms. The summed E-state index contributed by atoms with van der Waals surface area (Å²) in [7, 11) is 0. The Bertz CT molecular complexity index is 469. The van der Waals surface area contributed by atoms with Crippen molar-refractivity contribution in [1.29, 1.82) is 0 Å². The third-order valence-electron chi connectivity index (χ3n) is 4.24. The molecule has 3 heteroatoms. The average Bonchev–Trinajstić information content (AvgIpc) is 2.87. The molecule has 0 spiro atoms. The third-order valence-corrected chi connectivity index (χ3v) is 4.60. The van der Waals surface area contributed by atoms with Gasteiger partial charge in [-0.25, -0.2) is 0 Å². The first-order valence-corrected chi connectivity index (χ1v) is 8.61. The minimum atomic E-state index is 0.214. The molecule has 110 valence electrons. The van der Waals surface area contributed by atoms with Gasteiger partial charge in [0.1, 0.15) is 0 Å². The third kappa shape index (κ3) is 3.25. The summed E-state index contributed by atoms with van der Waals surface area (Å²) in [6, 6.07) is 4.66. The van der Waals surface area contributed by atoms with Crippen LogP contribution in [0.25, 0.3) is 0 Å². The molecule has 1 aliphatic carbocycles. The van der Waals surface area contributed by atoms with Crippen LogP contribution in [0.15, 0.2) is 12.1 Å². The maximum absolute atomic E-state index is 13.0. The highest BCUT2D eigenvalue weighted by atomic mass is 79.9. The molecule has 1 fully saturated rings. The summed E-state index contributed by atoms with van der Waals surface area (Å²) in [5.74, 6) is 0.214. The van der Waals surface area contributed by atoms with E-state index in [1.807, 2.05) is 13.8 Å². The van der Waals surface area contributed by atoms with Gasteiger partial charge in [0, 0.05) is 23.5 Å². The molecule has 2 rings (SSSR count). The minimum Gasteiger partial charge on any atom is -0.335 e. The average molecular weight is 338 g/mol. The zero-order chi connectivity index (χ0) is 14.7. The van der Waals surface area contributed by atoms with Crippen LogP contribution in [-0.4, -0.2) is 28.7 Å². The molecule has 0 heterocycles. The summed E-state index contributed by atoms with van der Waals surface area (Å²) in [5.41, 5.74) is 4.34. The van der Waals surface area contributed by atoms with Gasteiger partial charge in [-0.2, -0.15) is 0 Å². The summed E-state index contributed by atoms with van der Waals surface area (Å²) < 4.78 is 0. The lowest BCUT2D eigenvalue weighted by Gasteiger charge is -2.29. The second-order valence-corrected chi connectivity index (χ2v) is 6.69. The van der Waals surface area contributed by atoms with Gasteiger partial charge in [-0.15, -0.1) is 0 Å². The normalized spacial score (nSPS) is 15.6. The van der Waals surface area contributed by atoms with Crippen LogP contribution in [0.4, 0.5) is 0 Å². The van der Waals surface area contributed by atoms with E-state index in [2.05, 4.69) is 39.9 Å². The smallest absolute Gasteiger partial charge is 0.254 e. The first kappa shape index (κ1) is 15.6. The first-order valence-electron chi connectivity index (χ1n) is 7.49. The van der Waals surface area contributed by atoms with E-state index >= 15 is 0 Å². The van der Waals surface area contributed by atoms with Gasteiger partial charge in [0.25, 0.3) is 5.91 Å². The number of rotatable bonds is 4. The quantitative estimate of drug-likeness (QED) is 0.746. The van der Waals surface area contributed by atoms with E-state index in [0.717, 1.165) is 41.4 Å². The fourth-order valence-corrected chi connectivity index (χ4v) is 3.80. The van der Waals surface area contributed by atoms with Gasteiger partial charge < -0.3 is 4.90 Å². The predicted octanol–water partition coefficient (Wildman–Crippen LogP) is 4.39. The number of nitrogens with zero attached hydrogens (tertiary/aromatic N) is 1. The molecule has 2 nitrogen and oxygen atoms in total. The van der Waals surface area contributed by atoms with Crippen molar-refractivity contribution in [2.45, 2.75) is 52.5 Å². The lowest BCUT2D eigenvalue weighted by atomic mass is 9.98. The van der Waals surface area contributed by atoms with Crippen LogP contribution < -0.4 is 0 Å². The van der Waals surface area contributed by atoms with Crippen molar-refractivity contribution >= 4 is 21.8 Å². The molecule has 0 aromatic heterocycles. The molecule has 20 heavy (non-hydrogen) atoms. The van der Waals surface area contributed by atoms with E-state index in [1.54, 1.807) is 0 Å². The molecule has 1 amide bonds. The van der Waals surface area contributed by atoms with Gasteiger partial charge in [-0.05, 0) is 44.7 Å². The Morgan fingerprint density at radius 3 is 2.25 bits per heavy atom. The van der Waals surface area contributed by atoms with E-state index in [1.165, 1.54) is 18.4 Å². The number of benzene rings is 1. The molecule has 0 radical (unpaired) electrons. The number of aryl methyl sites for hydroxylation is 3. The standard InChI is InChI=1S/C17H24BrNO/c1-12-10-13(2)16(14(3)11-12)17(20)19(9-8-18)15-6-4-5-7-15/h10-11,15H,4-9H2,1-3H3. The second kappa shape index (κ2) is 6.75. The van der Waals surface area contributed by atoms with Crippen molar-refractivity contribution in [2.24, 2.45) is 0 Å². The van der Waals surface area contributed by atoms with Crippen LogP contribution in [0, 0.1) is 20.8 Å². The summed E-state index contributed by atoms with van der Waals surface area (Å²) in [5, 5.41) is 0.846. The number of hydrogen-bond donors (Lipinski definition) is 0.